The van der Waals surface area contributed by atoms with E-state index in [0.29, 0.717) is 5.02 Å². The number of amides is 2. The van der Waals surface area contributed by atoms with E-state index in [0.717, 1.165) is 5.56 Å². The van der Waals surface area contributed by atoms with Gasteiger partial charge in [-0.1, -0.05) is 23.7 Å². The smallest absolute Gasteiger partial charge is 0.328 e. The number of aliphatic hydroxyl groups excluding tert-OH is 1. The molecule has 9 heteroatoms. The van der Waals surface area contributed by atoms with Crippen LogP contribution in [0.15, 0.2) is 24.3 Å². The van der Waals surface area contributed by atoms with E-state index >= 15 is 0 Å². The fourth-order valence-corrected chi connectivity index (χ4v) is 2.22. The van der Waals surface area contributed by atoms with Crippen LogP contribution in [-0.4, -0.2) is 53.2 Å². The Morgan fingerprint density at radius 2 is 1.84 bits per heavy atom. The number of carboxylic acids is 1. The van der Waals surface area contributed by atoms with Crippen molar-refractivity contribution in [1.29, 1.82) is 0 Å². The third kappa shape index (κ3) is 7.08. The average Bonchev–Trinajstić information content (AvgIpc) is 2.56. The van der Waals surface area contributed by atoms with Gasteiger partial charge in [-0.05, 0) is 24.6 Å². The van der Waals surface area contributed by atoms with Crippen LogP contribution in [0.3, 0.4) is 0 Å². The first kappa shape index (κ1) is 20.9. The van der Waals surface area contributed by atoms with Gasteiger partial charge in [0.1, 0.15) is 6.04 Å². The minimum atomic E-state index is -1.38. The first-order chi connectivity index (χ1) is 11.7. The molecule has 138 valence electrons. The Balaban J connectivity index is 2.83. The van der Waals surface area contributed by atoms with Crippen molar-refractivity contribution in [2.45, 2.75) is 31.3 Å². The Labute approximate surface area is 150 Å². The fourth-order valence-electron chi connectivity index (χ4n) is 2.09. The fraction of sp³-hybridized carbons (Fsp3) is 0.438. The lowest BCUT2D eigenvalue weighted by atomic mass is 9.95. The minimum Gasteiger partial charge on any atom is -0.480 e. The summed E-state index contributed by atoms with van der Waals surface area (Å²) in [5, 5.41) is 23.3. The van der Waals surface area contributed by atoms with E-state index in [2.05, 4.69) is 10.6 Å². The van der Waals surface area contributed by atoms with Crippen molar-refractivity contribution < 1.29 is 24.6 Å². The Kier molecular flexibility index (Phi) is 8.33. The second-order valence-electron chi connectivity index (χ2n) is 5.63. The average molecular weight is 372 g/mol. The van der Waals surface area contributed by atoms with Gasteiger partial charge in [0.25, 0.3) is 0 Å². The number of nitrogens with one attached hydrogen (secondary N) is 2. The maximum atomic E-state index is 12.1. The number of rotatable bonds is 9. The monoisotopic (exact) mass is 371 g/mol. The molecule has 25 heavy (non-hydrogen) atoms. The SMILES string of the molecule is CC(N)C(=O)NCC(CC(=O)NC(CO)C(=O)O)c1ccc(Cl)cc1. The van der Waals surface area contributed by atoms with Crippen LogP contribution in [0.25, 0.3) is 0 Å². The molecule has 0 bridgehead atoms. The maximum Gasteiger partial charge on any atom is 0.328 e. The van der Waals surface area contributed by atoms with Gasteiger partial charge in [-0.2, -0.15) is 0 Å². The minimum absolute atomic E-state index is 0.0787. The van der Waals surface area contributed by atoms with E-state index in [-0.39, 0.29) is 18.9 Å². The Morgan fingerprint density at radius 1 is 1.24 bits per heavy atom. The van der Waals surface area contributed by atoms with Crippen molar-refractivity contribution in [3.8, 4) is 0 Å². The Morgan fingerprint density at radius 3 is 2.32 bits per heavy atom. The van der Waals surface area contributed by atoms with Crippen LogP contribution in [0, 0.1) is 0 Å². The van der Waals surface area contributed by atoms with Gasteiger partial charge in [0.05, 0.1) is 12.6 Å². The van der Waals surface area contributed by atoms with Gasteiger partial charge in [0, 0.05) is 23.9 Å². The number of nitrogens with two attached hydrogens (primary N) is 1. The second kappa shape index (κ2) is 9.97. The van der Waals surface area contributed by atoms with Crippen LogP contribution in [0.2, 0.25) is 5.02 Å². The quantitative estimate of drug-likeness (QED) is 0.408. The van der Waals surface area contributed by atoms with Gasteiger partial charge in [-0.25, -0.2) is 4.79 Å². The van der Waals surface area contributed by atoms with Gasteiger partial charge >= 0.3 is 5.97 Å². The highest BCUT2D eigenvalue weighted by Gasteiger charge is 2.23. The zero-order valence-corrected chi connectivity index (χ0v) is 14.5. The van der Waals surface area contributed by atoms with Crippen LogP contribution in [0.5, 0.6) is 0 Å². The summed E-state index contributed by atoms with van der Waals surface area (Å²) in [6, 6.07) is 4.69. The molecule has 0 heterocycles. The Bertz CT molecular complexity index is 606. The molecule has 1 aromatic carbocycles. The van der Waals surface area contributed by atoms with Gasteiger partial charge in [-0.15, -0.1) is 0 Å². The second-order valence-corrected chi connectivity index (χ2v) is 6.06. The standard InChI is InChI=1S/C16H22ClN3O5/c1-9(18)15(23)19-7-11(10-2-4-12(17)5-3-10)6-14(22)20-13(8-21)16(24)25/h2-5,9,11,13,21H,6-8,18H2,1H3,(H,19,23)(H,20,22)(H,24,25). The summed E-state index contributed by atoms with van der Waals surface area (Å²) in [6.45, 7) is 0.971. The van der Waals surface area contributed by atoms with Crippen molar-refractivity contribution in [1.82, 2.24) is 10.6 Å². The topological polar surface area (TPSA) is 142 Å². The van der Waals surface area contributed by atoms with Crippen LogP contribution >= 0.6 is 11.6 Å². The number of carbonyl (C=O) groups is 3. The number of aliphatic hydroxyl groups is 1. The summed E-state index contributed by atoms with van der Waals surface area (Å²) in [7, 11) is 0. The van der Waals surface area contributed by atoms with Gasteiger partial charge in [0.2, 0.25) is 11.8 Å². The molecule has 1 aromatic rings. The van der Waals surface area contributed by atoms with Gasteiger partial charge < -0.3 is 26.6 Å². The molecule has 0 radical (unpaired) electrons. The number of carbonyl (C=O) groups excluding carboxylic acids is 2. The molecular formula is C16H22ClN3O5. The highest BCUT2D eigenvalue weighted by molar-refractivity contribution is 6.30. The van der Waals surface area contributed by atoms with Crippen molar-refractivity contribution in [2.24, 2.45) is 5.73 Å². The van der Waals surface area contributed by atoms with Crippen LogP contribution in [-0.2, 0) is 14.4 Å². The molecule has 0 saturated carbocycles. The molecular weight excluding hydrogens is 350 g/mol. The molecule has 6 N–H and O–H groups in total. The molecule has 8 nitrogen and oxygen atoms in total. The van der Waals surface area contributed by atoms with Crippen LogP contribution < -0.4 is 16.4 Å². The lowest BCUT2D eigenvalue weighted by Crippen LogP contribution is -2.44. The third-order valence-corrected chi connectivity index (χ3v) is 3.78. The highest BCUT2D eigenvalue weighted by Crippen LogP contribution is 2.21. The highest BCUT2D eigenvalue weighted by atomic mass is 35.5. The molecule has 0 aromatic heterocycles. The summed E-state index contributed by atoms with van der Waals surface area (Å²) in [6.07, 6.45) is -0.0787. The molecule has 0 aliphatic heterocycles. The van der Waals surface area contributed by atoms with Crippen molar-refractivity contribution >= 4 is 29.4 Å². The number of hydrogen-bond acceptors (Lipinski definition) is 5. The van der Waals surface area contributed by atoms with Gasteiger partial charge in [0.15, 0.2) is 0 Å². The van der Waals surface area contributed by atoms with E-state index in [4.69, 9.17) is 27.5 Å². The molecule has 1 rings (SSSR count). The predicted molar refractivity (Wildman–Crippen MR) is 92.1 cm³/mol. The summed E-state index contributed by atoms with van der Waals surface area (Å²) in [5.41, 5.74) is 6.25. The molecule has 3 atom stereocenters. The van der Waals surface area contributed by atoms with E-state index in [1.165, 1.54) is 6.92 Å². The first-order valence-corrected chi connectivity index (χ1v) is 8.04. The zero-order valence-electron chi connectivity index (χ0n) is 13.7. The number of aliphatic carboxylic acids is 1. The van der Waals surface area contributed by atoms with E-state index in [1.54, 1.807) is 24.3 Å². The van der Waals surface area contributed by atoms with Crippen molar-refractivity contribution in [3.63, 3.8) is 0 Å². The summed E-state index contributed by atoms with van der Waals surface area (Å²) in [5.74, 6) is -2.66. The number of carboxylic acid groups (broad SMARTS) is 1. The maximum absolute atomic E-state index is 12.1. The van der Waals surface area contributed by atoms with Crippen LogP contribution in [0.4, 0.5) is 0 Å². The normalized spacial score (nSPS) is 14.2. The molecule has 3 unspecified atom stereocenters. The largest absolute Gasteiger partial charge is 0.480 e. The van der Waals surface area contributed by atoms with E-state index < -0.39 is 36.5 Å². The van der Waals surface area contributed by atoms with E-state index in [1.807, 2.05) is 0 Å². The molecule has 0 fully saturated rings. The lowest BCUT2D eigenvalue weighted by molar-refractivity contribution is -0.143. The third-order valence-electron chi connectivity index (χ3n) is 3.53. The molecule has 0 saturated heterocycles. The lowest BCUT2D eigenvalue weighted by Gasteiger charge is -2.20. The molecule has 0 spiro atoms. The first-order valence-electron chi connectivity index (χ1n) is 7.66. The predicted octanol–water partition coefficient (Wildman–Crippen LogP) is -0.161. The van der Waals surface area contributed by atoms with Gasteiger partial charge in [-0.3, -0.25) is 9.59 Å². The number of hydrogen-bond donors (Lipinski definition) is 5. The molecule has 0 aliphatic rings. The summed E-state index contributed by atoms with van der Waals surface area (Å²) < 4.78 is 0. The van der Waals surface area contributed by atoms with Crippen molar-refractivity contribution in [2.75, 3.05) is 13.2 Å². The summed E-state index contributed by atoms with van der Waals surface area (Å²) in [4.78, 5) is 34.6. The van der Waals surface area contributed by atoms with Crippen LogP contribution in [0.1, 0.15) is 24.8 Å². The number of benzene rings is 1. The molecule has 0 aliphatic carbocycles. The zero-order chi connectivity index (χ0) is 19.0. The Hall–Kier alpha value is -2.16. The number of halogens is 1. The summed E-state index contributed by atoms with van der Waals surface area (Å²) >= 11 is 5.86. The molecule has 2 amide bonds. The van der Waals surface area contributed by atoms with E-state index in [9.17, 15) is 14.4 Å². The van der Waals surface area contributed by atoms with Crippen molar-refractivity contribution in [3.05, 3.63) is 34.9 Å².